The van der Waals surface area contributed by atoms with Crippen molar-refractivity contribution in [3.8, 4) is 5.75 Å². The number of benzene rings is 1. The van der Waals surface area contributed by atoms with Gasteiger partial charge in [0.1, 0.15) is 11.6 Å². The van der Waals surface area contributed by atoms with E-state index in [1.165, 1.54) is 25.3 Å². The molecule has 0 unspecified atom stereocenters. The molecule has 0 spiro atoms. The van der Waals surface area contributed by atoms with E-state index in [4.69, 9.17) is 9.47 Å². The first kappa shape index (κ1) is 23.5. The van der Waals surface area contributed by atoms with Gasteiger partial charge < -0.3 is 25.0 Å². The van der Waals surface area contributed by atoms with Crippen molar-refractivity contribution in [3.05, 3.63) is 29.6 Å². The summed E-state index contributed by atoms with van der Waals surface area (Å²) >= 11 is 0. The number of ether oxygens (including phenoxy) is 2. The molecule has 1 aliphatic carbocycles. The first-order valence-corrected chi connectivity index (χ1v) is 11.0. The predicted molar refractivity (Wildman–Crippen MR) is 116 cm³/mol. The number of hydrogen-bond donors (Lipinski definition) is 2. The summed E-state index contributed by atoms with van der Waals surface area (Å²) in [5, 5.41) is 6.32. The van der Waals surface area contributed by atoms with Crippen LogP contribution in [0, 0.1) is 11.7 Å². The molecular weight excluding hydrogens is 401 g/mol. The fourth-order valence-electron chi connectivity index (χ4n) is 4.37. The number of carbonyl (C=O) groups is 2. The van der Waals surface area contributed by atoms with Crippen LogP contribution in [0.2, 0.25) is 0 Å². The van der Waals surface area contributed by atoms with Gasteiger partial charge in [-0.1, -0.05) is 0 Å². The Kier molecular flexibility index (Phi) is 7.89. The first-order valence-electron chi connectivity index (χ1n) is 11.0. The minimum Gasteiger partial charge on any atom is -0.497 e. The van der Waals surface area contributed by atoms with Gasteiger partial charge in [0, 0.05) is 30.8 Å². The SMILES string of the molecule is COc1cc(F)cc(C(=O)NC[C@H]2CC[C@@H](NCC(=O)N3CCOCC3(C)C)CC2)c1. The van der Waals surface area contributed by atoms with Crippen molar-refractivity contribution in [1.29, 1.82) is 0 Å². The van der Waals surface area contributed by atoms with Crippen molar-refractivity contribution >= 4 is 11.8 Å². The second-order valence-corrected chi connectivity index (χ2v) is 9.10. The molecule has 1 aromatic carbocycles. The molecule has 7 nitrogen and oxygen atoms in total. The summed E-state index contributed by atoms with van der Waals surface area (Å²) in [6, 6.07) is 4.31. The third-order valence-corrected chi connectivity index (χ3v) is 6.26. The number of morpholine rings is 1. The van der Waals surface area contributed by atoms with Crippen molar-refractivity contribution < 1.29 is 23.5 Å². The third-order valence-electron chi connectivity index (χ3n) is 6.26. The zero-order chi connectivity index (χ0) is 22.4. The van der Waals surface area contributed by atoms with Crippen LogP contribution in [0.1, 0.15) is 49.9 Å². The Hall–Kier alpha value is -2.19. The van der Waals surface area contributed by atoms with Gasteiger partial charge >= 0.3 is 0 Å². The molecule has 2 aliphatic rings. The second kappa shape index (κ2) is 10.4. The molecule has 0 bridgehead atoms. The fourth-order valence-corrected chi connectivity index (χ4v) is 4.37. The lowest BCUT2D eigenvalue weighted by molar-refractivity contribution is -0.145. The average molecular weight is 436 g/mol. The van der Waals surface area contributed by atoms with Crippen molar-refractivity contribution in [3.63, 3.8) is 0 Å². The van der Waals surface area contributed by atoms with E-state index in [9.17, 15) is 14.0 Å². The lowest BCUT2D eigenvalue weighted by Crippen LogP contribution is -2.57. The maximum absolute atomic E-state index is 13.6. The highest BCUT2D eigenvalue weighted by atomic mass is 19.1. The molecule has 2 amide bonds. The third kappa shape index (κ3) is 6.40. The van der Waals surface area contributed by atoms with Crippen molar-refractivity contribution in [2.24, 2.45) is 5.92 Å². The number of carbonyl (C=O) groups excluding carboxylic acids is 2. The smallest absolute Gasteiger partial charge is 0.251 e. The van der Waals surface area contributed by atoms with Gasteiger partial charge in [-0.05, 0) is 57.6 Å². The quantitative estimate of drug-likeness (QED) is 0.687. The predicted octanol–water partition coefficient (Wildman–Crippen LogP) is 2.35. The number of hydrogen-bond acceptors (Lipinski definition) is 5. The largest absolute Gasteiger partial charge is 0.497 e. The summed E-state index contributed by atoms with van der Waals surface area (Å²) in [5.41, 5.74) is -0.00443. The molecule has 2 N–H and O–H groups in total. The van der Waals surface area contributed by atoms with Crippen molar-refractivity contribution in [2.45, 2.75) is 51.1 Å². The Balaban J connectivity index is 1.38. The van der Waals surface area contributed by atoms with Gasteiger partial charge in [-0.2, -0.15) is 0 Å². The highest BCUT2D eigenvalue weighted by molar-refractivity contribution is 5.94. The number of nitrogens with one attached hydrogen (secondary N) is 2. The number of methoxy groups -OCH3 is 1. The van der Waals surface area contributed by atoms with E-state index in [1.54, 1.807) is 0 Å². The zero-order valence-electron chi connectivity index (χ0n) is 18.7. The number of nitrogens with zero attached hydrogens (tertiary/aromatic N) is 1. The average Bonchev–Trinajstić information content (AvgIpc) is 2.75. The molecular formula is C23H34FN3O4. The summed E-state index contributed by atoms with van der Waals surface area (Å²) in [7, 11) is 1.44. The van der Waals surface area contributed by atoms with Crippen LogP contribution in [-0.4, -0.2) is 68.3 Å². The topological polar surface area (TPSA) is 79.9 Å². The molecule has 172 valence electrons. The molecule has 1 aromatic rings. The van der Waals surface area contributed by atoms with Crippen LogP contribution >= 0.6 is 0 Å². The van der Waals surface area contributed by atoms with E-state index in [0.717, 1.165) is 25.7 Å². The molecule has 8 heteroatoms. The molecule has 0 aromatic heterocycles. The van der Waals surface area contributed by atoms with E-state index in [2.05, 4.69) is 10.6 Å². The maximum Gasteiger partial charge on any atom is 0.251 e. The minimum atomic E-state index is -0.494. The Morgan fingerprint density at radius 1 is 1.23 bits per heavy atom. The van der Waals surface area contributed by atoms with E-state index >= 15 is 0 Å². The van der Waals surface area contributed by atoms with E-state index < -0.39 is 5.82 Å². The van der Waals surface area contributed by atoms with Crippen LogP contribution in [0.5, 0.6) is 5.75 Å². The maximum atomic E-state index is 13.6. The van der Waals surface area contributed by atoms with Crippen LogP contribution in [0.3, 0.4) is 0 Å². The highest BCUT2D eigenvalue weighted by Gasteiger charge is 2.34. The van der Waals surface area contributed by atoms with Crippen molar-refractivity contribution in [2.75, 3.05) is 40.0 Å². The first-order chi connectivity index (χ1) is 14.8. The Bertz CT molecular complexity index is 778. The molecule has 1 aliphatic heterocycles. The summed E-state index contributed by atoms with van der Waals surface area (Å²) in [6.07, 6.45) is 3.88. The number of halogens is 1. The standard InChI is InChI=1S/C23H34FN3O4/c1-23(2)15-31-9-8-27(23)21(28)14-25-19-6-4-16(5-7-19)13-26-22(29)17-10-18(24)12-20(11-17)30-3/h10-12,16,19,25H,4-9,13-15H2,1-3H3,(H,26,29)/t16-,19+. The van der Waals surface area contributed by atoms with E-state index in [1.807, 2.05) is 18.7 Å². The number of rotatable bonds is 7. The van der Waals surface area contributed by atoms with Gasteiger partial charge in [-0.25, -0.2) is 4.39 Å². The van der Waals surface area contributed by atoms with Crippen LogP contribution in [-0.2, 0) is 9.53 Å². The van der Waals surface area contributed by atoms with Gasteiger partial charge in [0.2, 0.25) is 5.91 Å². The van der Waals surface area contributed by atoms with Crippen LogP contribution < -0.4 is 15.4 Å². The monoisotopic (exact) mass is 435 g/mol. The van der Waals surface area contributed by atoms with Crippen LogP contribution in [0.25, 0.3) is 0 Å². The van der Waals surface area contributed by atoms with Gasteiger partial charge in [0.25, 0.3) is 5.91 Å². The fraction of sp³-hybridized carbons (Fsp3) is 0.652. The highest BCUT2D eigenvalue weighted by Crippen LogP contribution is 2.24. The van der Waals surface area contributed by atoms with Gasteiger partial charge in [0.05, 0.1) is 32.4 Å². The molecule has 0 radical (unpaired) electrons. The Morgan fingerprint density at radius 2 is 1.97 bits per heavy atom. The zero-order valence-corrected chi connectivity index (χ0v) is 18.7. The van der Waals surface area contributed by atoms with Gasteiger partial charge in [0.15, 0.2) is 0 Å². The van der Waals surface area contributed by atoms with E-state index in [0.29, 0.717) is 50.6 Å². The molecule has 0 atom stereocenters. The van der Waals surface area contributed by atoms with Gasteiger partial charge in [-0.3, -0.25) is 9.59 Å². The molecule has 1 saturated heterocycles. The second-order valence-electron chi connectivity index (χ2n) is 9.10. The minimum absolute atomic E-state index is 0.119. The Labute approximate surface area is 183 Å². The molecule has 1 heterocycles. The molecule has 1 saturated carbocycles. The summed E-state index contributed by atoms with van der Waals surface area (Å²) in [6.45, 7) is 6.76. The molecule has 31 heavy (non-hydrogen) atoms. The van der Waals surface area contributed by atoms with Crippen molar-refractivity contribution in [1.82, 2.24) is 15.5 Å². The van der Waals surface area contributed by atoms with Crippen LogP contribution in [0.4, 0.5) is 4.39 Å². The lowest BCUT2D eigenvalue weighted by atomic mass is 9.86. The summed E-state index contributed by atoms with van der Waals surface area (Å²) in [5.74, 6) is 0.0363. The summed E-state index contributed by atoms with van der Waals surface area (Å²) in [4.78, 5) is 26.9. The Morgan fingerprint density at radius 3 is 2.65 bits per heavy atom. The molecule has 2 fully saturated rings. The van der Waals surface area contributed by atoms with Crippen LogP contribution in [0.15, 0.2) is 18.2 Å². The lowest BCUT2D eigenvalue weighted by Gasteiger charge is -2.42. The number of amides is 2. The van der Waals surface area contributed by atoms with Gasteiger partial charge in [-0.15, -0.1) is 0 Å². The summed E-state index contributed by atoms with van der Waals surface area (Å²) < 4.78 is 24.1. The normalized spacial score (nSPS) is 23.3. The molecule has 3 rings (SSSR count). The van der Waals surface area contributed by atoms with E-state index in [-0.39, 0.29) is 22.9 Å².